The third kappa shape index (κ3) is 4.06. The molecular formula is C16H23NO2. The molecule has 0 bridgehead atoms. The van der Waals surface area contributed by atoms with Crippen molar-refractivity contribution in [3.05, 3.63) is 29.8 Å². The van der Waals surface area contributed by atoms with E-state index in [9.17, 15) is 4.79 Å². The lowest BCUT2D eigenvalue weighted by molar-refractivity contribution is 0.0969. The van der Waals surface area contributed by atoms with E-state index in [1.807, 2.05) is 38.1 Å². The third-order valence-corrected chi connectivity index (χ3v) is 3.49. The van der Waals surface area contributed by atoms with Crippen LogP contribution in [0.2, 0.25) is 0 Å². The Kier molecular flexibility index (Phi) is 4.97. The van der Waals surface area contributed by atoms with Gasteiger partial charge in [-0.3, -0.25) is 4.79 Å². The number of hydrogen-bond acceptors (Lipinski definition) is 3. The predicted molar refractivity (Wildman–Crippen MR) is 76.7 cm³/mol. The summed E-state index contributed by atoms with van der Waals surface area (Å²) in [6.45, 7) is 6.10. The number of benzene rings is 1. The number of ketones is 1. The van der Waals surface area contributed by atoms with Crippen molar-refractivity contribution in [2.24, 2.45) is 5.92 Å². The molecule has 1 aliphatic rings. The van der Waals surface area contributed by atoms with Crippen LogP contribution in [0.4, 0.5) is 0 Å². The van der Waals surface area contributed by atoms with Crippen LogP contribution in [-0.2, 0) is 0 Å². The van der Waals surface area contributed by atoms with Gasteiger partial charge in [-0.15, -0.1) is 0 Å². The molecule has 1 saturated heterocycles. The van der Waals surface area contributed by atoms with Crippen molar-refractivity contribution >= 4 is 5.78 Å². The van der Waals surface area contributed by atoms with Crippen molar-refractivity contribution in [1.29, 1.82) is 0 Å². The summed E-state index contributed by atoms with van der Waals surface area (Å²) >= 11 is 0. The lowest BCUT2D eigenvalue weighted by atomic mass is 9.97. The zero-order chi connectivity index (χ0) is 13.7. The molecule has 0 aromatic heterocycles. The number of carbonyl (C=O) groups is 1. The molecule has 19 heavy (non-hydrogen) atoms. The van der Waals surface area contributed by atoms with E-state index in [2.05, 4.69) is 5.32 Å². The monoisotopic (exact) mass is 261 g/mol. The van der Waals surface area contributed by atoms with E-state index >= 15 is 0 Å². The molecule has 1 aliphatic heterocycles. The van der Waals surface area contributed by atoms with Crippen LogP contribution in [0, 0.1) is 5.92 Å². The first-order valence-corrected chi connectivity index (χ1v) is 7.16. The van der Waals surface area contributed by atoms with Gasteiger partial charge in [0.15, 0.2) is 5.78 Å². The van der Waals surface area contributed by atoms with Crippen molar-refractivity contribution in [1.82, 2.24) is 5.32 Å². The van der Waals surface area contributed by atoms with Gasteiger partial charge >= 0.3 is 0 Å². The number of carbonyl (C=O) groups excluding carboxylic acids is 1. The van der Waals surface area contributed by atoms with Crippen LogP contribution in [0.5, 0.6) is 5.75 Å². The average molecular weight is 261 g/mol. The first-order chi connectivity index (χ1) is 9.16. The van der Waals surface area contributed by atoms with E-state index in [4.69, 9.17) is 4.74 Å². The van der Waals surface area contributed by atoms with E-state index in [1.165, 1.54) is 6.42 Å². The maximum atomic E-state index is 12.3. The number of ether oxygens (including phenoxy) is 1. The van der Waals surface area contributed by atoms with Gasteiger partial charge in [0, 0.05) is 6.42 Å². The first-order valence-electron chi connectivity index (χ1n) is 7.16. The van der Waals surface area contributed by atoms with Crippen LogP contribution in [0.15, 0.2) is 24.3 Å². The second kappa shape index (κ2) is 6.71. The third-order valence-electron chi connectivity index (χ3n) is 3.49. The molecule has 2 rings (SSSR count). The van der Waals surface area contributed by atoms with Crippen LogP contribution >= 0.6 is 0 Å². The maximum Gasteiger partial charge on any atom is 0.166 e. The van der Waals surface area contributed by atoms with Gasteiger partial charge in [-0.05, 0) is 57.8 Å². The Morgan fingerprint density at radius 1 is 1.42 bits per heavy atom. The van der Waals surface area contributed by atoms with Crippen LogP contribution in [0.25, 0.3) is 0 Å². The van der Waals surface area contributed by atoms with Crippen molar-refractivity contribution in [2.45, 2.75) is 39.2 Å². The van der Waals surface area contributed by atoms with Gasteiger partial charge in [0.25, 0.3) is 0 Å². The van der Waals surface area contributed by atoms with E-state index in [1.54, 1.807) is 0 Å². The van der Waals surface area contributed by atoms with E-state index in [-0.39, 0.29) is 11.9 Å². The minimum atomic E-state index is 0.0907. The first kappa shape index (κ1) is 14.1. The number of hydrogen-bond donors (Lipinski definition) is 1. The van der Waals surface area contributed by atoms with Gasteiger partial charge in [-0.2, -0.15) is 0 Å². The molecule has 3 nitrogen and oxygen atoms in total. The molecule has 104 valence electrons. The summed E-state index contributed by atoms with van der Waals surface area (Å²) in [5.74, 6) is 1.57. The Morgan fingerprint density at radius 2 is 2.21 bits per heavy atom. The van der Waals surface area contributed by atoms with E-state index in [0.29, 0.717) is 18.1 Å². The molecule has 1 fully saturated rings. The normalized spacial score (nSPS) is 18.8. The number of nitrogens with one attached hydrogen (secondary N) is 1. The van der Waals surface area contributed by atoms with Crippen molar-refractivity contribution in [2.75, 3.05) is 13.1 Å². The summed E-state index contributed by atoms with van der Waals surface area (Å²) in [7, 11) is 0. The summed E-state index contributed by atoms with van der Waals surface area (Å²) in [6.07, 6.45) is 2.87. The highest BCUT2D eigenvalue weighted by Crippen LogP contribution is 2.23. The molecule has 1 heterocycles. The quantitative estimate of drug-likeness (QED) is 0.800. The predicted octanol–water partition coefficient (Wildman–Crippen LogP) is 3.05. The minimum Gasteiger partial charge on any atom is -0.490 e. The Morgan fingerprint density at radius 3 is 2.89 bits per heavy atom. The van der Waals surface area contributed by atoms with Crippen LogP contribution in [0.3, 0.4) is 0 Å². The fraction of sp³-hybridized carbons (Fsp3) is 0.562. The minimum absolute atomic E-state index is 0.0907. The summed E-state index contributed by atoms with van der Waals surface area (Å²) in [6, 6.07) is 7.56. The zero-order valence-corrected chi connectivity index (χ0v) is 11.8. The Labute approximate surface area is 115 Å². The lowest BCUT2D eigenvalue weighted by Gasteiger charge is -2.14. The van der Waals surface area contributed by atoms with E-state index < -0.39 is 0 Å². The Balaban J connectivity index is 1.97. The number of para-hydroxylation sites is 1. The van der Waals surface area contributed by atoms with Gasteiger partial charge in [-0.1, -0.05) is 12.1 Å². The van der Waals surface area contributed by atoms with Crippen molar-refractivity contribution in [3.8, 4) is 5.75 Å². The molecule has 0 radical (unpaired) electrons. The molecule has 1 atom stereocenters. The molecule has 3 heteroatoms. The molecule has 1 unspecified atom stereocenters. The van der Waals surface area contributed by atoms with Gasteiger partial charge in [0.1, 0.15) is 5.75 Å². The smallest absolute Gasteiger partial charge is 0.166 e. The molecule has 0 saturated carbocycles. The van der Waals surface area contributed by atoms with E-state index in [0.717, 1.165) is 25.1 Å². The fourth-order valence-corrected chi connectivity index (χ4v) is 2.48. The molecule has 1 N–H and O–H groups in total. The topological polar surface area (TPSA) is 38.3 Å². The fourth-order valence-electron chi connectivity index (χ4n) is 2.48. The summed E-state index contributed by atoms with van der Waals surface area (Å²) in [4.78, 5) is 12.3. The summed E-state index contributed by atoms with van der Waals surface area (Å²) < 4.78 is 5.71. The van der Waals surface area contributed by atoms with Crippen LogP contribution in [-0.4, -0.2) is 25.0 Å². The SMILES string of the molecule is CC(C)Oc1ccccc1C(=O)CCC1CCNC1. The summed E-state index contributed by atoms with van der Waals surface area (Å²) in [5, 5.41) is 3.34. The molecule has 1 aromatic rings. The standard InChI is InChI=1S/C16H23NO2/c1-12(2)19-16-6-4-3-5-14(16)15(18)8-7-13-9-10-17-11-13/h3-6,12-13,17H,7-11H2,1-2H3. The second-order valence-electron chi connectivity index (χ2n) is 5.48. The van der Waals surface area contributed by atoms with Crippen LogP contribution in [0.1, 0.15) is 43.5 Å². The highest BCUT2D eigenvalue weighted by Gasteiger charge is 2.18. The number of Topliss-reactive ketones (excluding diaryl/α,β-unsaturated/α-hetero) is 1. The second-order valence-corrected chi connectivity index (χ2v) is 5.48. The highest BCUT2D eigenvalue weighted by molar-refractivity contribution is 5.98. The maximum absolute atomic E-state index is 12.3. The molecular weight excluding hydrogens is 238 g/mol. The van der Waals surface area contributed by atoms with Crippen LogP contribution < -0.4 is 10.1 Å². The molecule has 0 aliphatic carbocycles. The lowest BCUT2D eigenvalue weighted by Crippen LogP contribution is -2.12. The molecule has 0 amide bonds. The Hall–Kier alpha value is -1.35. The number of rotatable bonds is 6. The Bertz CT molecular complexity index is 423. The largest absolute Gasteiger partial charge is 0.490 e. The van der Waals surface area contributed by atoms with Crippen molar-refractivity contribution in [3.63, 3.8) is 0 Å². The molecule has 1 aromatic carbocycles. The molecule has 0 spiro atoms. The van der Waals surface area contributed by atoms with Gasteiger partial charge < -0.3 is 10.1 Å². The van der Waals surface area contributed by atoms with Crippen molar-refractivity contribution < 1.29 is 9.53 Å². The van der Waals surface area contributed by atoms with Gasteiger partial charge in [0.2, 0.25) is 0 Å². The highest BCUT2D eigenvalue weighted by atomic mass is 16.5. The van der Waals surface area contributed by atoms with Gasteiger partial charge in [-0.25, -0.2) is 0 Å². The average Bonchev–Trinajstić information content (AvgIpc) is 2.89. The summed E-state index contributed by atoms with van der Waals surface area (Å²) in [5.41, 5.74) is 0.724. The zero-order valence-electron chi connectivity index (χ0n) is 11.8. The van der Waals surface area contributed by atoms with Gasteiger partial charge in [0.05, 0.1) is 11.7 Å².